The minimum Gasteiger partial charge on any atom is -0.351 e. The highest BCUT2D eigenvalue weighted by molar-refractivity contribution is 6.51. The number of amides is 2. The van der Waals surface area contributed by atoms with E-state index < -0.39 is 10.4 Å². The predicted octanol–water partition coefficient (Wildman–Crippen LogP) is 4.08. The molecule has 3 heterocycles. The molecule has 204 valence electrons. The lowest BCUT2D eigenvalue weighted by Crippen LogP contribution is -2.51. The molecule has 2 saturated carbocycles. The van der Waals surface area contributed by atoms with Crippen molar-refractivity contribution in [3.8, 4) is 11.1 Å². The standard InChI is InChI=1S/C28H30Cl2N6O3/c1-14(20-8-28(20,29)30)33-26(39)22-9-27(4)10-23(27)36(22)24(38)13-35-21-6-5-17(18-11-31-16(3)32-12-18)7-19(21)25(34-35)15(2)37/h5-7,11-12,14,20,22-23H,8-10,13H2,1-4H3,(H,33,39)/t14-,20?,22-,23+,27-/m0/s1. The van der Waals surface area contributed by atoms with Crippen molar-refractivity contribution in [3.63, 3.8) is 0 Å². The van der Waals surface area contributed by atoms with E-state index in [2.05, 4.69) is 27.3 Å². The first-order valence-electron chi connectivity index (χ1n) is 13.2. The summed E-state index contributed by atoms with van der Waals surface area (Å²) in [5.41, 5.74) is 2.57. The van der Waals surface area contributed by atoms with E-state index in [4.69, 9.17) is 23.2 Å². The Balaban J connectivity index is 1.26. The van der Waals surface area contributed by atoms with Gasteiger partial charge in [-0.1, -0.05) is 13.0 Å². The normalized spacial score (nSPS) is 27.2. The zero-order valence-corrected chi connectivity index (χ0v) is 23.8. The maximum absolute atomic E-state index is 13.7. The van der Waals surface area contributed by atoms with Crippen LogP contribution < -0.4 is 5.32 Å². The number of hydrogen-bond acceptors (Lipinski definition) is 6. The Hall–Kier alpha value is -3.04. The molecule has 1 N–H and O–H groups in total. The molecule has 2 aliphatic carbocycles. The molecular formula is C28H30Cl2N6O3. The number of aryl methyl sites for hydroxylation is 1. The number of piperidine rings is 1. The minimum absolute atomic E-state index is 0.00253. The van der Waals surface area contributed by atoms with Gasteiger partial charge in [-0.2, -0.15) is 5.10 Å². The van der Waals surface area contributed by atoms with Crippen LogP contribution in [-0.4, -0.2) is 64.7 Å². The van der Waals surface area contributed by atoms with Crippen LogP contribution in [0.5, 0.6) is 0 Å². The number of carbonyl (C=O) groups excluding carboxylic acids is 3. The van der Waals surface area contributed by atoms with E-state index in [9.17, 15) is 14.4 Å². The summed E-state index contributed by atoms with van der Waals surface area (Å²) in [4.78, 5) is 49.8. The first kappa shape index (κ1) is 26.2. The number of hydrogen-bond donors (Lipinski definition) is 1. The van der Waals surface area contributed by atoms with Crippen LogP contribution in [0.15, 0.2) is 30.6 Å². The Morgan fingerprint density at radius 2 is 1.82 bits per heavy atom. The molecule has 1 aliphatic heterocycles. The number of likely N-dealkylation sites (tertiary alicyclic amines) is 1. The molecule has 6 rings (SSSR count). The number of nitrogens with one attached hydrogen (secondary N) is 1. The molecule has 3 fully saturated rings. The van der Waals surface area contributed by atoms with Gasteiger partial charge >= 0.3 is 0 Å². The van der Waals surface area contributed by atoms with Gasteiger partial charge in [0.2, 0.25) is 11.8 Å². The van der Waals surface area contributed by atoms with Gasteiger partial charge in [0.05, 0.1) is 5.52 Å². The lowest BCUT2D eigenvalue weighted by molar-refractivity contribution is -0.140. The van der Waals surface area contributed by atoms with Gasteiger partial charge in [-0.25, -0.2) is 9.97 Å². The number of fused-ring (bicyclic) bond motifs is 2. The molecule has 0 radical (unpaired) electrons. The summed E-state index contributed by atoms with van der Waals surface area (Å²) in [6, 6.07) is 4.90. The number of Topliss-reactive ketones (excluding diaryl/α,β-unsaturated/α-hetero) is 1. The first-order valence-corrected chi connectivity index (χ1v) is 13.9. The third-order valence-corrected chi connectivity index (χ3v) is 9.43. The average Bonchev–Trinajstić information content (AvgIpc) is 3.63. The van der Waals surface area contributed by atoms with Gasteiger partial charge in [-0.05, 0) is 56.2 Å². The van der Waals surface area contributed by atoms with E-state index in [1.165, 1.54) is 6.92 Å². The fourth-order valence-corrected chi connectivity index (χ4v) is 6.76. The SMILES string of the molecule is CC(=O)c1nn(CC(=O)N2[C@H](C(=O)N[C@@H](C)C3CC3(Cl)Cl)C[C@@]3(C)C[C@@H]23)c2ccc(-c3cnc(C)nc3)cc12. The number of halogens is 2. The van der Waals surface area contributed by atoms with E-state index >= 15 is 0 Å². The lowest BCUT2D eigenvalue weighted by Gasteiger charge is -2.28. The van der Waals surface area contributed by atoms with Crippen molar-refractivity contribution in [2.45, 2.75) is 76.0 Å². The summed E-state index contributed by atoms with van der Waals surface area (Å²) in [6.07, 6.45) is 5.59. The fourth-order valence-electron chi connectivity index (χ4n) is 6.05. The molecule has 9 nitrogen and oxygen atoms in total. The zero-order valence-electron chi connectivity index (χ0n) is 22.2. The molecule has 3 aliphatic rings. The number of aromatic nitrogens is 4. The number of benzene rings is 1. The maximum Gasteiger partial charge on any atom is 0.245 e. The topological polar surface area (TPSA) is 110 Å². The Labute approximate surface area is 236 Å². The average molecular weight is 569 g/mol. The molecule has 3 aromatic rings. The number of nitrogens with zero attached hydrogens (tertiary/aromatic N) is 5. The van der Waals surface area contributed by atoms with Crippen molar-refractivity contribution in [2.24, 2.45) is 11.3 Å². The third kappa shape index (κ3) is 4.59. The first-order chi connectivity index (χ1) is 18.4. The molecule has 0 bridgehead atoms. The summed E-state index contributed by atoms with van der Waals surface area (Å²) in [5.74, 6) is 0.0992. The lowest BCUT2D eigenvalue weighted by atomic mass is 10.0. The third-order valence-electron chi connectivity index (χ3n) is 8.56. The number of rotatable bonds is 7. The quantitative estimate of drug-likeness (QED) is 0.339. The van der Waals surface area contributed by atoms with Gasteiger partial charge in [-0.3, -0.25) is 19.1 Å². The van der Waals surface area contributed by atoms with Crippen LogP contribution in [0.1, 0.15) is 56.3 Å². The highest BCUT2D eigenvalue weighted by Gasteiger charge is 2.64. The van der Waals surface area contributed by atoms with Crippen LogP contribution in [-0.2, 0) is 16.1 Å². The van der Waals surface area contributed by atoms with Crippen LogP contribution >= 0.6 is 23.2 Å². The number of alkyl halides is 2. The van der Waals surface area contributed by atoms with E-state index in [0.717, 1.165) is 17.5 Å². The van der Waals surface area contributed by atoms with Crippen molar-refractivity contribution < 1.29 is 14.4 Å². The molecule has 5 atom stereocenters. The number of carbonyl (C=O) groups is 3. The smallest absolute Gasteiger partial charge is 0.245 e. The van der Waals surface area contributed by atoms with Crippen molar-refractivity contribution in [2.75, 3.05) is 0 Å². The van der Waals surface area contributed by atoms with Crippen molar-refractivity contribution >= 4 is 51.7 Å². The van der Waals surface area contributed by atoms with Crippen LogP contribution in [0, 0.1) is 18.3 Å². The number of ketones is 1. The van der Waals surface area contributed by atoms with Crippen LogP contribution in [0.3, 0.4) is 0 Å². The van der Waals surface area contributed by atoms with Gasteiger partial charge < -0.3 is 10.2 Å². The Morgan fingerprint density at radius 1 is 1.13 bits per heavy atom. The summed E-state index contributed by atoms with van der Waals surface area (Å²) in [5, 5.41) is 8.23. The van der Waals surface area contributed by atoms with Gasteiger partial charge in [-0.15, -0.1) is 23.2 Å². The van der Waals surface area contributed by atoms with Crippen LogP contribution in [0.2, 0.25) is 0 Å². The molecule has 11 heteroatoms. The summed E-state index contributed by atoms with van der Waals surface area (Å²) in [6.45, 7) is 7.22. The van der Waals surface area contributed by atoms with E-state index in [-0.39, 0.29) is 47.6 Å². The second-order valence-corrected chi connectivity index (χ2v) is 13.1. The second-order valence-electron chi connectivity index (χ2n) is 11.6. The van der Waals surface area contributed by atoms with Gasteiger partial charge in [0, 0.05) is 48.3 Å². The Bertz CT molecular complexity index is 1520. The minimum atomic E-state index is -0.798. The molecule has 2 amide bonds. The zero-order chi connectivity index (χ0) is 27.9. The van der Waals surface area contributed by atoms with Gasteiger partial charge in [0.15, 0.2) is 5.78 Å². The highest BCUT2D eigenvalue weighted by Crippen LogP contribution is 2.59. The Morgan fingerprint density at radius 3 is 2.46 bits per heavy atom. The van der Waals surface area contributed by atoms with E-state index in [0.29, 0.717) is 35.3 Å². The van der Waals surface area contributed by atoms with Crippen molar-refractivity contribution in [1.29, 1.82) is 0 Å². The second kappa shape index (κ2) is 8.99. The molecular weight excluding hydrogens is 539 g/mol. The van der Waals surface area contributed by atoms with E-state index in [1.54, 1.807) is 22.0 Å². The van der Waals surface area contributed by atoms with Crippen LogP contribution in [0.4, 0.5) is 0 Å². The monoisotopic (exact) mass is 568 g/mol. The highest BCUT2D eigenvalue weighted by atomic mass is 35.5. The van der Waals surface area contributed by atoms with Gasteiger partial charge in [0.25, 0.3) is 0 Å². The van der Waals surface area contributed by atoms with Crippen molar-refractivity contribution in [1.82, 2.24) is 30.0 Å². The molecule has 0 spiro atoms. The summed E-state index contributed by atoms with van der Waals surface area (Å²) >= 11 is 12.4. The molecule has 1 aromatic carbocycles. The van der Waals surface area contributed by atoms with Gasteiger partial charge in [0.1, 0.15) is 28.4 Å². The predicted molar refractivity (Wildman–Crippen MR) is 147 cm³/mol. The molecule has 1 unspecified atom stereocenters. The molecule has 39 heavy (non-hydrogen) atoms. The van der Waals surface area contributed by atoms with Crippen LogP contribution in [0.25, 0.3) is 22.0 Å². The molecule has 1 saturated heterocycles. The fraction of sp³-hybridized carbons (Fsp3) is 0.500. The summed E-state index contributed by atoms with van der Waals surface area (Å²) in [7, 11) is 0. The maximum atomic E-state index is 13.7. The molecule has 2 aromatic heterocycles. The van der Waals surface area contributed by atoms with Crippen molar-refractivity contribution in [3.05, 3.63) is 42.1 Å². The summed E-state index contributed by atoms with van der Waals surface area (Å²) < 4.78 is 0.771. The largest absolute Gasteiger partial charge is 0.351 e. The van der Waals surface area contributed by atoms with E-state index in [1.807, 2.05) is 32.0 Å². The Kier molecular flexibility index (Phi) is 6.04.